The van der Waals surface area contributed by atoms with Crippen molar-refractivity contribution in [3.05, 3.63) is 210 Å². The predicted molar refractivity (Wildman–Crippen MR) is 391 cm³/mol. The third-order valence-corrected chi connectivity index (χ3v) is 21.0. The summed E-state index contributed by atoms with van der Waals surface area (Å²) in [6.07, 6.45) is 15.2. The van der Waals surface area contributed by atoms with Gasteiger partial charge in [0.15, 0.2) is 0 Å². The molecule has 24 nitrogen and oxygen atoms in total. The van der Waals surface area contributed by atoms with E-state index in [1.165, 1.54) is 32.9 Å². The number of nitrogens with one attached hydrogen (secondary N) is 4. The van der Waals surface area contributed by atoms with Crippen LogP contribution >= 0.6 is 11.6 Å². The summed E-state index contributed by atoms with van der Waals surface area (Å²) >= 11 is 3.69. The second-order valence-electron chi connectivity index (χ2n) is 23.4. The van der Waals surface area contributed by atoms with Gasteiger partial charge in [-0.05, 0) is 92.1 Å². The first-order valence-electron chi connectivity index (χ1n) is 32.3. The van der Waals surface area contributed by atoms with Gasteiger partial charge in [-0.1, -0.05) is 35.9 Å². The summed E-state index contributed by atoms with van der Waals surface area (Å²) in [5.41, 5.74) is 13.5. The van der Waals surface area contributed by atoms with E-state index in [4.69, 9.17) is 41.1 Å². The molecule has 0 amide bonds. The van der Waals surface area contributed by atoms with E-state index in [-0.39, 0.29) is 0 Å². The van der Waals surface area contributed by atoms with Gasteiger partial charge in [0.05, 0.1) is 78.5 Å². The van der Waals surface area contributed by atoms with Crippen LogP contribution in [0.15, 0.2) is 176 Å². The van der Waals surface area contributed by atoms with Crippen molar-refractivity contribution < 1.29 is 14.2 Å². The quantitative estimate of drug-likeness (QED) is 0.0384. The molecular weight excluding hydrogens is 1360 g/mol. The standard InChI is InChI=1S/C20H19ClN6O.C20H20N6O.C16H17N4O.C13H13N5.3CH3.Sn/c1-3-22-20-18-16(8-9-23-20)27(11-13-4-6-14(28-2)7-5-13)26-19(18)15-10-17(21)25-12-24-15;1-3-22-20-18-17(9-11-23-20)26(12-14-4-6-15(27-2)7-5-14)25-19(18)16-8-10-21-13-24-16;1-3-17-16-14-10-19-20(15(14)8-9-18-16)11-12-4-6-13(21-2)7-5-12;1-2-15-13-11-9(3-6-16-13)7-17-12(11)10-4-5-14-8-18-10;;;;/h4-10,12H,3,11H2,1-2H3,(H,22,23);4-11,13H,3,12H2,1-2H3,(H,22,23);4-9H,3,11H2,1-2H3,(H,17,18);3-6,8H,2,7H2,1H3,(H,15,16);3*1H3;. The summed E-state index contributed by atoms with van der Waals surface area (Å²) in [7, 11) is 5.01. The Morgan fingerprint density at radius 3 is 1.28 bits per heavy atom. The average molecular weight is 1440 g/mol. The summed E-state index contributed by atoms with van der Waals surface area (Å²) < 4.78 is 23.1. The van der Waals surface area contributed by atoms with Gasteiger partial charge in [0.2, 0.25) is 0 Å². The molecule has 0 saturated heterocycles. The first-order chi connectivity index (χ1) is 47.8. The van der Waals surface area contributed by atoms with Crippen LogP contribution in [0.1, 0.15) is 61.2 Å². The summed E-state index contributed by atoms with van der Waals surface area (Å²) in [6, 6.07) is 37.6. The van der Waals surface area contributed by atoms with Crippen molar-refractivity contribution in [1.82, 2.24) is 79.2 Å². The van der Waals surface area contributed by atoms with E-state index in [1.54, 1.807) is 58.5 Å². The number of pyridine rings is 4. The van der Waals surface area contributed by atoms with Gasteiger partial charge < -0.3 is 25.4 Å². The van der Waals surface area contributed by atoms with E-state index in [9.17, 15) is 0 Å². The number of fused-ring (bicyclic) bond motifs is 4. The maximum atomic E-state index is 6.08. The van der Waals surface area contributed by atoms with Crippen LogP contribution in [-0.4, -0.2) is 151 Å². The summed E-state index contributed by atoms with van der Waals surface area (Å²) in [4.78, 5) is 54.6. The molecule has 1 aliphatic heterocycles. The summed E-state index contributed by atoms with van der Waals surface area (Å²) in [5, 5.41) is 31.5. The Morgan fingerprint density at radius 2 is 0.837 bits per heavy atom. The van der Waals surface area contributed by atoms with Crippen molar-refractivity contribution in [2.45, 2.75) is 68.7 Å². The summed E-state index contributed by atoms with van der Waals surface area (Å²) in [5.74, 6) is 5.95. The maximum Gasteiger partial charge on any atom is 0.137 e. The molecule has 3 aromatic carbocycles. The maximum absolute atomic E-state index is 6.08. The molecule has 0 saturated carbocycles. The molecule has 11 heterocycles. The Balaban J connectivity index is 0.000000134. The molecule has 1 aliphatic rings. The zero-order chi connectivity index (χ0) is 68.5. The molecule has 0 spiro atoms. The number of ether oxygens (including phenoxy) is 3. The predicted octanol–water partition coefficient (Wildman–Crippen LogP) is 12.5. The first-order valence-corrected chi connectivity index (χ1v) is 42.6. The van der Waals surface area contributed by atoms with E-state index >= 15 is 0 Å². The normalized spacial score (nSPS) is 11.5. The zero-order valence-electron chi connectivity index (χ0n) is 56.5. The van der Waals surface area contributed by atoms with E-state index in [0.29, 0.717) is 30.5 Å². The molecule has 13 aromatic rings. The topological polar surface area (TPSA) is 271 Å². The molecule has 98 heavy (non-hydrogen) atoms. The van der Waals surface area contributed by atoms with Gasteiger partial charge in [-0.25, -0.2) is 44.9 Å². The van der Waals surface area contributed by atoms with E-state index in [0.717, 1.165) is 146 Å². The number of aliphatic imine (C=N–C) groups is 1. The number of hydrogen-bond donors (Lipinski definition) is 4. The second kappa shape index (κ2) is 32.3. The molecule has 10 aromatic heterocycles. The molecule has 0 aliphatic carbocycles. The fourth-order valence-electron chi connectivity index (χ4n) is 11.2. The molecule has 26 heteroatoms. The number of anilines is 4. The van der Waals surface area contributed by atoms with Crippen LogP contribution in [0.5, 0.6) is 17.2 Å². The molecule has 0 atom stereocenters. The van der Waals surface area contributed by atoms with Gasteiger partial charge >= 0.3 is 153 Å². The minimum absolute atomic E-state index is 0.372. The third-order valence-electron chi connectivity index (χ3n) is 15.8. The van der Waals surface area contributed by atoms with Crippen LogP contribution < -0.4 is 39.2 Å². The number of aromatic nitrogens is 16. The van der Waals surface area contributed by atoms with Crippen LogP contribution in [0.3, 0.4) is 0 Å². The Labute approximate surface area is 577 Å². The zero-order valence-corrected chi connectivity index (χ0v) is 60.1. The fourth-order valence-corrected chi connectivity index (χ4v) is 15.4. The van der Waals surface area contributed by atoms with Crippen LogP contribution in [0.25, 0.3) is 55.5 Å². The Kier molecular flexibility index (Phi) is 22.7. The third kappa shape index (κ3) is 16.0. The van der Waals surface area contributed by atoms with Gasteiger partial charge in [-0.15, -0.1) is 0 Å². The van der Waals surface area contributed by atoms with Crippen LogP contribution in [0.2, 0.25) is 20.0 Å². The minimum Gasteiger partial charge on any atom is -0.497 e. The number of nitrogens with zero attached hydrogens (tertiary/aromatic N) is 17. The number of halogens is 1. The molecule has 0 fully saturated rings. The van der Waals surface area contributed by atoms with Crippen LogP contribution in [0.4, 0.5) is 23.3 Å². The van der Waals surface area contributed by atoms with E-state index < -0.39 is 18.4 Å². The van der Waals surface area contributed by atoms with E-state index in [1.807, 2.05) is 127 Å². The minimum atomic E-state index is -2.39. The monoisotopic (exact) mass is 1440 g/mol. The van der Waals surface area contributed by atoms with Gasteiger partial charge in [-0.3, -0.25) is 14.4 Å². The van der Waals surface area contributed by atoms with Crippen LogP contribution in [-0.2, 0) is 26.2 Å². The molecule has 14 rings (SSSR count). The van der Waals surface area contributed by atoms with Gasteiger partial charge in [0, 0.05) is 62.2 Å². The van der Waals surface area contributed by atoms with Crippen LogP contribution in [0, 0.1) is 0 Å². The number of methoxy groups -OCH3 is 3. The van der Waals surface area contributed by atoms with Gasteiger partial charge in [0.1, 0.15) is 64.5 Å². The van der Waals surface area contributed by atoms with Crippen molar-refractivity contribution >= 4 is 95.4 Å². The van der Waals surface area contributed by atoms with Crippen molar-refractivity contribution in [3.8, 4) is 40.0 Å². The van der Waals surface area contributed by atoms with Crippen molar-refractivity contribution in [2.75, 3.05) is 68.8 Å². The smallest absolute Gasteiger partial charge is 0.137 e. The summed E-state index contributed by atoms with van der Waals surface area (Å²) in [6.45, 7) is 14.1. The average Bonchev–Trinajstić information content (AvgIpc) is 1.63. The number of rotatable bonds is 21. The SMILES string of the molecule is CCNc1nccc2c1C(c1ccncn1)=NC2.CCNc1nccc2c1[c]([Sn]([CH3])([CH3])[CH3])nn2Cc1ccc(OC)cc1.CCNc1nccc2c1c(-c1cc(Cl)ncn1)nn2Cc1ccc(OC)cc1.CCNc1nccc2c1c(-c1ccncn1)nn2Cc1ccc(OC)cc1. The Bertz CT molecular complexity index is 4820. The van der Waals surface area contributed by atoms with Crippen molar-refractivity contribution in [2.24, 2.45) is 4.99 Å². The Morgan fingerprint density at radius 1 is 0.429 bits per heavy atom. The fraction of sp³-hybridized carbons (Fsp3) is 0.250. The number of hydrogen-bond acceptors (Lipinski definition) is 21. The largest absolute Gasteiger partial charge is 0.497 e. The molecule has 500 valence electrons. The molecular formula is C72H78ClN21O3Sn. The molecule has 4 N–H and O–H groups in total. The van der Waals surface area contributed by atoms with Crippen molar-refractivity contribution in [3.63, 3.8) is 0 Å². The van der Waals surface area contributed by atoms with Gasteiger partial charge in [-0.2, -0.15) is 10.2 Å². The molecule has 0 unspecified atom stereocenters. The molecule has 0 bridgehead atoms. The number of benzene rings is 3. The van der Waals surface area contributed by atoms with Crippen molar-refractivity contribution in [1.29, 1.82) is 0 Å². The first kappa shape index (κ1) is 68.6. The van der Waals surface area contributed by atoms with E-state index in [2.05, 4.69) is 128 Å². The molecule has 0 radical (unpaired) electrons. The Hall–Kier alpha value is -10.7. The second-order valence-corrected chi connectivity index (χ2v) is 38.0. The van der Waals surface area contributed by atoms with Gasteiger partial charge in [0.25, 0.3) is 0 Å².